The lowest BCUT2D eigenvalue weighted by Gasteiger charge is -2.31. The number of methoxy groups -OCH3 is 1. The summed E-state index contributed by atoms with van der Waals surface area (Å²) in [5, 5.41) is 2.81. The number of likely N-dealkylation sites (tertiary alicyclic amines) is 1. The smallest absolute Gasteiger partial charge is 0.256 e. The molecule has 1 aromatic carbocycles. The second kappa shape index (κ2) is 8.34. The van der Waals surface area contributed by atoms with Gasteiger partial charge in [-0.1, -0.05) is 0 Å². The highest BCUT2D eigenvalue weighted by Crippen LogP contribution is 2.29. The molecule has 6 nitrogen and oxygen atoms in total. The average Bonchev–Trinajstić information content (AvgIpc) is 3.16. The highest BCUT2D eigenvalue weighted by Gasteiger charge is 2.25. The number of nitrogens with zero attached hydrogens (tertiary/aromatic N) is 2. The van der Waals surface area contributed by atoms with Crippen LogP contribution in [0.15, 0.2) is 18.2 Å². The van der Waals surface area contributed by atoms with E-state index in [9.17, 15) is 9.59 Å². The van der Waals surface area contributed by atoms with Crippen LogP contribution in [0.1, 0.15) is 42.5 Å². The highest BCUT2D eigenvalue weighted by atomic mass is 16.5. The second-order valence-corrected chi connectivity index (χ2v) is 6.76. The van der Waals surface area contributed by atoms with Crippen molar-refractivity contribution in [3.05, 3.63) is 23.8 Å². The molecule has 2 heterocycles. The van der Waals surface area contributed by atoms with Crippen LogP contribution in [-0.2, 0) is 9.53 Å². The zero-order chi connectivity index (χ0) is 17.6. The van der Waals surface area contributed by atoms with E-state index in [1.165, 1.54) is 13.5 Å². The normalized spacial score (nSPS) is 17.6. The number of piperidine rings is 1. The van der Waals surface area contributed by atoms with Crippen molar-refractivity contribution in [3.63, 3.8) is 0 Å². The van der Waals surface area contributed by atoms with Gasteiger partial charge in [-0.3, -0.25) is 9.59 Å². The van der Waals surface area contributed by atoms with Crippen LogP contribution in [0, 0.1) is 0 Å². The molecule has 0 saturated carbocycles. The summed E-state index contributed by atoms with van der Waals surface area (Å²) in [6.07, 6.45) is 5.69. The quantitative estimate of drug-likeness (QED) is 0.891. The third-order valence-corrected chi connectivity index (χ3v) is 4.88. The predicted molar refractivity (Wildman–Crippen MR) is 98.1 cm³/mol. The van der Waals surface area contributed by atoms with Crippen molar-refractivity contribution in [2.24, 2.45) is 0 Å². The molecular weight excluding hydrogens is 318 g/mol. The Labute approximate surface area is 149 Å². The summed E-state index contributed by atoms with van der Waals surface area (Å²) in [5.74, 6) is -0.145. The van der Waals surface area contributed by atoms with E-state index in [1.807, 2.05) is 23.1 Å². The first-order chi connectivity index (χ1) is 12.2. The Morgan fingerprint density at radius 1 is 1.04 bits per heavy atom. The largest absolute Gasteiger partial charge is 0.375 e. The number of ether oxygens (including phenoxy) is 1. The maximum absolute atomic E-state index is 13.0. The predicted octanol–water partition coefficient (Wildman–Crippen LogP) is 2.50. The Bertz CT molecular complexity index is 620. The monoisotopic (exact) mass is 345 g/mol. The first-order valence-electron chi connectivity index (χ1n) is 9.16. The Kier molecular flexibility index (Phi) is 5.91. The molecule has 2 saturated heterocycles. The highest BCUT2D eigenvalue weighted by molar-refractivity contribution is 6.02. The summed E-state index contributed by atoms with van der Waals surface area (Å²) >= 11 is 0. The summed E-state index contributed by atoms with van der Waals surface area (Å²) in [4.78, 5) is 29.0. The number of carbonyl (C=O) groups excluding carboxylic acids is 2. The van der Waals surface area contributed by atoms with Crippen molar-refractivity contribution in [1.29, 1.82) is 0 Å². The zero-order valence-corrected chi connectivity index (χ0v) is 14.9. The van der Waals surface area contributed by atoms with E-state index < -0.39 is 0 Å². The van der Waals surface area contributed by atoms with E-state index in [-0.39, 0.29) is 18.4 Å². The van der Waals surface area contributed by atoms with Gasteiger partial charge in [-0.2, -0.15) is 0 Å². The summed E-state index contributed by atoms with van der Waals surface area (Å²) in [6, 6.07) is 5.66. The van der Waals surface area contributed by atoms with Gasteiger partial charge in [0.25, 0.3) is 5.91 Å². The van der Waals surface area contributed by atoms with E-state index in [0.717, 1.165) is 57.5 Å². The molecule has 0 unspecified atom stereocenters. The zero-order valence-electron chi connectivity index (χ0n) is 14.9. The van der Waals surface area contributed by atoms with Crippen molar-refractivity contribution >= 4 is 23.2 Å². The third kappa shape index (κ3) is 4.31. The van der Waals surface area contributed by atoms with Crippen molar-refractivity contribution < 1.29 is 14.3 Å². The summed E-state index contributed by atoms with van der Waals surface area (Å²) in [7, 11) is 1.49. The SMILES string of the molecule is COCC(=O)Nc1ccc(N2CCCCC2)c(C(=O)N2CCCC2)c1. The fraction of sp³-hybridized carbons (Fsp3) is 0.579. The molecule has 0 spiro atoms. The minimum atomic E-state index is -0.215. The Morgan fingerprint density at radius 3 is 2.40 bits per heavy atom. The number of benzene rings is 1. The van der Waals surface area contributed by atoms with Crippen LogP contribution in [0.2, 0.25) is 0 Å². The molecule has 0 radical (unpaired) electrons. The Balaban J connectivity index is 1.87. The molecule has 0 aliphatic carbocycles. The van der Waals surface area contributed by atoms with Crippen molar-refractivity contribution in [1.82, 2.24) is 4.90 Å². The lowest BCUT2D eigenvalue weighted by atomic mass is 10.1. The average molecular weight is 345 g/mol. The van der Waals surface area contributed by atoms with Crippen LogP contribution in [-0.4, -0.2) is 56.6 Å². The van der Waals surface area contributed by atoms with Gasteiger partial charge >= 0.3 is 0 Å². The van der Waals surface area contributed by atoms with Gasteiger partial charge in [0.1, 0.15) is 6.61 Å². The number of rotatable bonds is 5. The van der Waals surface area contributed by atoms with Crippen LogP contribution in [0.4, 0.5) is 11.4 Å². The van der Waals surface area contributed by atoms with Crippen LogP contribution < -0.4 is 10.2 Å². The fourth-order valence-corrected chi connectivity index (χ4v) is 3.61. The number of amides is 2. The topological polar surface area (TPSA) is 61.9 Å². The van der Waals surface area contributed by atoms with Crippen molar-refractivity contribution in [2.45, 2.75) is 32.1 Å². The molecule has 0 bridgehead atoms. The van der Waals surface area contributed by atoms with Gasteiger partial charge in [0.2, 0.25) is 5.91 Å². The summed E-state index contributed by atoms with van der Waals surface area (Å²) in [6.45, 7) is 3.60. The summed E-state index contributed by atoms with van der Waals surface area (Å²) in [5.41, 5.74) is 2.32. The van der Waals surface area contributed by atoms with Crippen LogP contribution in [0.3, 0.4) is 0 Å². The van der Waals surface area contributed by atoms with Gasteiger partial charge in [-0.15, -0.1) is 0 Å². The van der Waals surface area contributed by atoms with Gasteiger partial charge in [0, 0.05) is 44.7 Å². The van der Waals surface area contributed by atoms with E-state index in [1.54, 1.807) is 0 Å². The molecule has 1 aromatic rings. The van der Waals surface area contributed by atoms with E-state index in [0.29, 0.717) is 11.3 Å². The standard InChI is InChI=1S/C19H27N3O3/c1-25-14-18(23)20-15-7-8-17(21-9-3-2-4-10-21)16(13-15)19(24)22-11-5-6-12-22/h7-8,13H,2-6,9-12,14H2,1H3,(H,20,23). The molecule has 2 fully saturated rings. The van der Waals surface area contributed by atoms with Crippen molar-refractivity contribution in [2.75, 3.05) is 50.1 Å². The van der Waals surface area contributed by atoms with Gasteiger partial charge in [-0.05, 0) is 50.3 Å². The van der Waals surface area contributed by atoms with Gasteiger partial charge < -0.3 is 19.9 Å². The fourth-order valence-electron chi connectivity index (χ4n) is 3.61. The minimum Gasteiger partial charge on any atom is -0.375 e. The molecule has 2 amide bonds. The molecule has 6 heteroatoms. The van der Waals surface area contributed by atoms with Crippen LogP contribution >= 0.6 is 0 Å². The molecule has 2 aliphatic rings. The lowest BCUT2D eigenvalue weighted by molar-refractivity contribution is -0.119. The molecule has 0 aromatic heterocycles. The first kappa shape index (κ1) is 17.7. The van der Waals surface area contributed by atoms with E-state index in [4.69, 9.17) is 4.74 Å². The van der Waals surface area contributed by atoms with Gasteiger partial charge in [0.15, 0.2) is 0 Å². The maximum Gasteiger partial charge on any atom is 0.256 e. The molecule has 25 heavy (non-hydrogen) atoms. The number of anilines is 2. The van der Waals surface area contributed by atoms with Gasteiger partial charge in [0.05, 0.1) is 5.56 Å². The lowest BCUT2D eigenvalue weighted by Crippen LogP contribution is -2.34. The molecule has 3 rings (SSSR count). The van der Waals surface area contributed by atoms with E-state index in [2.05, 4.69) is 10.2 Å². The first-order valence-corrected chi connectivity index (χ1v) is 9.16. The maximum atomic E-state index is 13.0. The van der Waals surface area contributed by atoms with Crippen molar-refractivity contribution in [3.8, 4) is 0 Å². The number of hydrogen-bond donors (Lipinski definition) is 1. The Morgan fingerprint density at radius 2 is 1.72 bits per heavy atom. The molecule has 136 valence electrons. The Hall–Kier alpha value is -2.08. The van der Waals surface area contributed by atoms with Gasteiger partial charge in [-0.25, -0.2) is 0 Å². The number of nitrogens with one attached hydrogen (secondary N) is 1. The van der Waals surface area contributed by atoms with Crippen LogP contribution in [0.25, 0.3) is 0 Å². The molecule has 0 atom stereocenters. The molecule has 2 aliphatic heterocycles. The number of hydrogen-bond acceptors (Lipinski definition) is 4. The summed E-state index contributed by atoms with van der Waals surface area (Å²) < 4.78 is 4.86. The molecule has 1 N–H and O–H groups in total. The molecular formula is C19H27N3O3. The van der Waals surface area contributed by atoms with Crippen LogP contribution in [0.5, 0.6) is 0 Å². The van der Waals surface area contributed by atoms with E-state index >= 15 is 0 Å². The second-order valence-electron chi connectivity index (χ2n) is 6.76. The number of carbonyl (C=O) groups is 2. The third-order valence-electron chi connectivity index (χ3n) is 4.88. The minimum absolute atomic E-state index is 0.00326.